The summed E-state index contributed by atoms with van der Waals surface area (Å²) < 4.78 is 37.9. The predicted octanol–water partition coefficient (Wildman–Crippen LogP) is 3.11. The minimum Gasteiger partial charge on any atom is -0.478 e. The van der Waals surface area contributed by atoms with Crippen LogP contribution in [0.1, 0.15) is 25.7 Å². The van der Waals surface area contributed by atoms with Gasteiger partial charge in [-0.25, -0.2) is 9.78 Å². The summed E-state index contributed by atoms with van der Waals surface area (Å²) in [6, 6.07) is 5.04. The first-order chi connectivity index (χ1) is 9.79. The molecule has 2 aromatic rings. The number of amides is 1. The zero-order chi connectivity index (χ0) is 15.6. The largest absolute Gasteiger partial charge is 0.478 e. The maximum atomic E-state index is 12.6. The Kier molecular flexibility index (Phi) is 3.94. The normalized spacial score (nSPS) is 11.2. The fourth-order valence-electron chi connectivity index (χ4n) is 1.49. The van der Waals surface area contributed by atoms with Crippen molar-refractivity contribution in [2.24, 2.45) is 0 Å². The molecule has 0 bridgehead atoms. The SMILES string of the molecule is O=C(O)c1ccc(NC(=O)c2scnc2C(F)(F)F)cc1. The average molecular weight is 316 g/mol. The first-order valence-electron chi connectivity index (χ1n) is 5.44. The number of alkyl halides is 3. The lowest BCUT2D eigenvalue weighted by Crippen LogP contribution is -2.17. The Labute approximate surface area is 120 Å². The Balaban J connectivity index is 2.19. The zero-order valence-electron chi connectivity index (χ0n) is 10.1. The molecule has 110 valence electrons. The molecule has 0 spiro atoms. The van der Waals surface area contributed by atoms with Crippen molar-refractivity contribution in [3.8, 4) is 0 Å². The maximum Gasteiger partial charge on any atom is 0.434 e. The van der Waals surface area contributed by atoms with Crippen LogP contribution >= 0.6 is 11.3 Å². The number of aromatic nitrogens is 1. The first kappa shape index (κ1) is 15.0. The number of anilines is 1. The molecule has 2 N–H and O–H groups in total. The Morgan fingerprint density at radius 2 is 1.81 bits per heavy atom. The summed E-state index contributed by atoms with van der Waals surface area (Å²) in [5.74, 6) is -2.09. The van der Waals surface area contributed by atoms with E-state index in [4.69, 9.17) is 5.11 Å². The van der Waals surface area contributed by atoms with Gasteiger partial charge in [-0.2, -0.15) is 13.2 Å². The highest BCUT2D eigenvalue weighted by Gasteiger charge is 2.38. The van der Waals surface area contributed by atoms with Crippen molar-refractivity contribution < 1.29 is 27.9 Å². The second-order valence-corrected chi connectivity index (χ2v) is 4.72. The van der Waals surface area contributed by atoms with Crippen LogP contribution in [0.5, 0.6) is 0 Å². The Bertz CT molecular complexity index is 680. The number of hydrogen-bond donors (Lipinski definition) is 2. The highest BCUT2D eigenvalue weighted by molar-refractivity contribution is 7.12. The molecule has 0 unspecified atom stereocenters. The topological polar surface area (TPSA) is 79.3 Å². The fraction of sp³-hybridized carbons (Fsp3) is 0.0833. The lowest BCUT2D eigenvalue weighted by molar-refractivity contribution is -0.141. The van der Waals surface area contributed by atoms with E-state index in [0.29, 0.717) is 11.3 Å². The summed E-state index contributed by atoms with van der Waals surface area (Å²) in [4.78, 5) is 25.1. The quantitative estimate of drug-likeness (QED) is 0.912. The van der Waals surface area contributed by atoms with E-state index in [1.54, 1.807) is 0 Å². The molecule has 1 aromatic heterocycles. The Hall–Kier alpha value is -2.42. The third kappa shape index (κ3) is 3.37. The van der Waals surface area contributed by atoms with Crippen LogP contribution < -0.4 is 5.32 Å². The summed E-state index contributed by atoms with van der Waals surface area (Å²) in [6.45, 7) is 0. The number of carboxylic acid groups (broad SMARTS) is 1. The lowest BCUT2D eigenvalue weighted by Gasteiger charge is -2.07. The van der Waals surface area contributed by atoms with Gasteiger partial charge in [0.1, 0.15) is 4.88 Å². The van der Waals surface area contributed by atoms with Gasteiger partial charge in [0.2, 0.25) is 0 Å². The van der Waals surface area contributed by atoms with Crippen LogP contribution in [0.4, 0.5) is 18.9 Å². The molecule has 0 aliphatic rings. The number of carbonyl (C=O) groups excluding carboxylic acids is 1. The summed E-state index contributed by atoms with van der Waals surface area (Å²) in [7, 11) is 0. The van der Waals surface area contributed by atoms with Gasteiger partial charge < -0.3 is 10.4 Å². The third-order valence-electron chi connectivity index (χ3n) is 2.43. The molecule has 0 saturated carbocycles. The molecule has 1 aromatic carbocycles. The number of carbonyl (C=O) groups is 2. The van der Waals surface area contributed by atoms with Crippen molar-refractivity contribution in [3.05, 3.63) is 45.9 Å². The number of halogens is 3. The number of nitrogens with zero attached hydrogens (tertiary/aromatic N) is 1. The van der Waals surface area contributed by atoms with Crippen LogP contribution in [-0.2, 0) is 6.18 Å². The first-order valence-corrected chi connectivity index (χ1v) is 6.32. The van der Waals surface area contributed by atoms with E-state index in [1.807, 2.05) is 0 Å². The van der Waals surface area contributed by atoms with Crippen LogP contribution in [0.15, 0.2) is 29.8 Å². The number of nitrogens with one attached hydrogen (secondary N) is 1. The molecule has 21 heavy (non-hydrogen) atoms. The van der Waals surface area contributed by atoms with Gasteiger partial charge in [0.15, 0.2) is 5.69 Å². The summed E-state index contributed by atoms with van der Waals surface area (Å²) >= 11 is 0.575. The van der Waals surface area contributed by atoms with E-state index in [-0.39, 0.29) is 11.3 Å². The van der Waals surface area contributed by atoms with Crippen LogP contribution in [0.25, 0.3) is 0 Å². The molecule has 0 aliphatic heterocycles. The number of aromatic carboxylic acids is 1. The van der Waals surface area contributed by atoms with Crippen LogP contribution in [-0.4, -0.2) is 22.0 Å². The molecule has 5 nitrogen and oxygen atoms in total. The Morgan fingerprint density at radius 3 is 2.33 bits per heavy atom. The minimum atomic E-state index is -4.71. The van der Waals surface area contributed by atoms with E-state index in [9.17, 15) is 22.8 Å². The van der Waals surface area contributed by atoms with Crippen molar-refractivity contribution in [2.75, 3.05) is 5.32 Å². The van der Waals surface area contributed by atoms with Gasteiger partial charge in [-0.15, -0.1) is 11.3 Å². The molecule has 2 rings (SSSR count). The standard InChI is InChI=1S/C12H7F3N2O3S/c13-12(14,15)9-8(21-5-16-9)10(18)17-7-3-1-6(2-4-7)11(19)20/h1-5H,(H,17,18)(H,19,20). The molecule has 0 fully saturated rings. The van der Waals surface area contributed by atoms with Gasteiger partial charge in [0, 0.05) is 5.69 Å². The second-order valence-electron chi connectivity index (χ2n) is 3.86. The molecule has 9 heteroatoms. The lowest BCUT2D eigenvalue weighted by atomic mass is 10.2. The number of carboxylic acids is 1. The van der Waals surface area contributed by atoms with E-state index in [2.05, 4.69) is 10.3 Å². The van der Waals surface area contributed by atoms with Gasteiger partial charge in [0.05, 0.1) is 11.1 Å². The fourth-order valence-corrected chi connectivity index (χ4v) is 2.19. The minimum absolute atomic E-state index is 0.00164. The molecular weight excluding hydrogens is 309 g/mol. The summed E-state index contributed by atoms with van der Waals surface area (Å²) in [5.41, 5.74) is -0.119. The van der Waals surface area contributed by atoms with E-state index < -0.39 is 28.6 Å². The van der Waals surface area contributed by atoms with Gasteiger partial charge in [-0.3, -0.25) is 4.79 Å². The van der Waals surface area contributed by atoms with Gasteiger partial charge in [-0.1, -0.05) is 0 Å². The van der Waals surface area contributed by atoms with Crippen molar-refractivity contribution in [3.63, 3.8) is 0 Å². The molecule has 0 atom stereocenters. The van der Waals surface area contributed by atoms with E-state index in [1.165, 1.54) is 24.3 Å². The van der Waals surface area contributed by atoms with Crippen molar-refractivity contribution in [1.82, 2.24) is 4.98 Å². The van der Waals surface area contributed by atoms with Crippen molar-refractivity contribution in [2.45, 2.75) is 6.18 Å². The number of benzene rings is 1. The van der Waals surface area contributed by atoms with Gasteiger partial charge >= 0.3 is 12.1 Å². The van der Waals surface area contributed by atoms with Crippen LogP contribution in [0.3, 0.4) is 0 Å². The molecule has 0 aliphatic carbocycles. The summed E-state index contributed by atoms with van der Waals surface area (Å²) in [6.07, 6.45) is -4.71. The van der Waals surface area contributed by atoms with Gasteiger partial charge in [-0.05, 0) is 24.3 Å². The molecule has 1 heterocycles. The smallest absolute Gasteiger partial charge is 0.434 e. The van der Waals surface area contributed by atoms with E-state index in [0.717, 1.165) is 5.51 Å². The zero-order valence-corrected chi connectivity index (χ0v) is 11.0. The van der Waals surface area contributed by atoms with Crippen molar-refractivity contribution >= 4 is 28.9 Å². The number of thiazole rings is 1. The highest BCUT2D eigenvalue weighted by Crippen LogP contribution is 2.32. The highest BCUT2D eigenvalue weighted by atomic mass is 32.1. The molecule has 0 saturated heterocycles. The number of hydrogen-bond acceptors (Lipinski definition) is 4. The third-order valence-corrected chi connectivity index (χ3v) is 3.26. The van der Waals surface area contributed by atoms with Crippen LogP contribution in [0.2, 0.25) is 0 Å². The molecule has 0 radical (unpaired) electrons. The molecular formula is C12H7F3N2O3S. The monoisotopic (exact) mass is 316 g/mol. The van der Waals surface area contributed by atoms with Gasteiger partial charge in [0.25, 0.3) is 5.91 Å². The van der Waals surface area contributed by atoms with Crippen molar-refractivity contribution in [1.29, 1.82) is 0 Å². The maximum absolute atomic E-state index is 12.6. The predicted molar refractivity (Wildman–Crippen MR) is 68.5 cm³/mol. The average Bonchev–Trinajstić information content (AvgIpc) is 2.88. The molecule has 1 amide bonds. The number of rotatable bonds is 3. The second kappa shape index (κ2) is 5.52. The Morgan fingerprint density at radius 1 is 1.19 bits per heavy atom. The summed E-state index contributed by atoms with van der Waals surface area (Å²) in [5, 5.41) is 11.0. The van der Waals surface area contributed by atoms with E-state index >= 15 is 0 Å². The van der Waals surface area contributed by atoms with Crippen LogP contribution in [0, 0.1) is 0 Å².